The molecule has 0 fully saturated rings. The quantitative estimate of drug-likeness (QED) is 0.553. The van der Waals surface area contributed by atoms with Crippen molar-refractivity contribution in [2.45, 2.75) is 51.2 Å². The summed E-state index contributed by atoms with van der Waals surface area (Å²) < 4.78 is 34.9. The Balaban J connectivity index is 1.95. The molecule has 2 aromatic rings. The smallest absolute Gasteiger partial charge is 0.321 e. The number of amides is 2. The zero-order valence-electron chi connectivity index (χ0n) is 22.1. The number of hydrogen-bond acceptors (Lipinski definition) is 5. The van der Waals surface area contributed by atoms with Gasteiger partial charge >= 0.3 is 6.03 Å². The number of nitrogens with one attached hydrogen (secondary N) is 1. The van der Waals surface area contributed by atoms with E-state index in [0.717, 1.165) is 6.42 Å². The van der Waals surface area contributed by atoms with E-state index in [4.69, 9.17) is 4.74 Å². The van der Waals surface area contributed by atoms with Gasteiger partial charge in [-0.05, 0) is 43.2 Å². The van der Waals surface area contributed by atoms with Crippen LogP contribution in [0.25, 0.3) is 0 Å². The third kappa shape index (κ3) is 7.25. The Morgan fingerprint density at radius 1 is 1.22 bits per heavy atom. The molecule has 9 heteroatoms. The average Bonchev–Trinajstić information content (AvgIpc) is 2.86. The number of carbonyl (C=O) groups excluding carboxylic acids is 1. The number of aliphatic hydroxyl groups is 1. The van der Waals surface area contributed by atoms with Crippen LogP contribution in [0, 0.1) is 23.7 Å². The summed E-state index contributed by atoms with van der Waals surface area (Å²) in [6.07, 6.45) is 0.215. The molecule has 1 aliphatic heterocycles. The van der Waals surface area contributed by atoms with Crippen LogP contribution in [0.3, 0.4) is 0 Å². The maximum Gasteiger partial charge on any atom is 0.321 e. The van der Waals surface area contributed by atoms with Gasteiger partial charge in [0.2, 0.25) is 10.0 Å². The lowest BCUT2D eigenvalue weighted by Gasteiger charge is -2.37. The Labute approximate surface area is 220 Å². The van der Waals surface area contributed by atoms with Crippen molar-refractivity contribution in [2.75, 3.05) is 32.1 Å². The summed E-state index contributed by atoms with van der Waals surface area (Å²) in [5.41, 5.74) is 1.33. The fourth-order valence-corrected chi connectivity index (χ4v) is 5.80. The van der Waals surface area contributed by atoms with E-state index in [2.05, 4.69) is 31.0 Å². The van der Waals surface area contributed by atoms with Gasteiger partial charge in [0.05, 0.1) is 13.2 Å². The second-order valence-corrected chi connectivity index (χ2v) is 11.8. The van der Waals surface area contributed by atoms with Gasteiger partial charge in [-0.1, -0.05) is 50.8 Å². The first-order valence-electron chi connectivity index (χ1n) is 12.5. The second-order valence-electron chi connectivity index (χ2n) is 9.98. The van der Waals surface area contributed by atoms with E-state index in [0.29, 0.717) is 17.2 Å². The van der Waals surface area contributed by atoms with E-state index in [9.17, 15) is 18.3 Å². The third-order valence-electron chi connectivity index (χ3n) is 6.24. The van der Waals surface area contributed by atoms with Crippen molar-refractivity contribution in [3.63, 3.8) is 0 Å². The molecule has 0 radical (unpaired) electrons. The zero-order valence-corrected chi connectivity index (χ0v) is 23.0. The largest absolute Gasteiger partial charge is 0.487 e. The van der Waals surface area contributed by atoms with Crippen molar-refractivity contribution in [1.82, 2.24) is 9.21 Å². The second kappa shape index (κ2) is 12.5. The number of hydrogen-bond donors (Lipinski definition) is 2. The predicted molar refractivity (Wildman–Crippen MR) is 145 cm³/mol. The van der Waals surface area contributed by atoms with Gasteiger partial charge in [0, 0.05) is 43.2 Å². The summed E-state index contributed by atoms with van der Waals surface area (Å²) in [7, 11) is -2.27. The number of aliphatic hydroxyl groups excluding tert-OH is 1. The highest BCUT2D eigenvalue weighted by Crippen LogP contribution is 2.34. The van der Waals surface area contributed by atoms with E-state index >= 15 is 0 Å². The van der Waals surface area contributed by atoms with Crippen LogP contribution >= 0.6 is 0 Å². The Hall–Kier alpha value is -3.06. The van der Waals surface area contributed by atoms with Crippen molar-refractivity contribution >= 4 is 21.7 Å². The summed E-state index contributed by atoms with van der Waals surface area (Å²) >= 11 is 0. The van der Waals surface area contributed by atoms with E-state index in [1.54, 1.807) is 38.2 Å². The van der Waals surface area contributed by atoms with Crippen molar-refractivity contribution in [2.24, 2.45) is 11.8 Å². The highest BCUT2D eigenvalue weighted by molar-refractivity contribution is 7.89. The van der Waals surface area contributed by atoms with Crippen LogP contribution in [0.5, 0.6) is 5.75 Å². The molecule has 1 aliphatic rings. The molecule has 2 N–H and O–H groups in total. The number of likely N-dealkylation sites (N-methyl/N-ethyl adjacent to an activating group) is 1. The first-order valence-corrected chi connectivity index (χ1v) is 14.0. The molecule has 37 heavy (non-hydrogen) atoms. The monoisotopic (exact) mass is 527 g/mol. The lowest BCUT2D eigenvalue weighted by atomic mass is 10.0. The van der Waals surface area contributed by atoms with Crippen LogP contribution < -0.4 is 10.1 Å². The predicted octanol–water partition coefficient (Wildman–Crippen LogP) is 4.02. The molecule has 0 saturated carbocycles. The number of rotatable bonds is 6. The number of urea groups is 1. The number of anilines is 1. The molecule has 0 spiro atoms. The lowest BCUT2D eigenvalue weighted by Crippen LogP contribution is -2.50. The fourth-order valence-electron chi connectivity index (χ4n) is 3.97. The topological polar surface area (TPSA) is 99.2 Å². The number of carbonyl (C=O) groups is 1. The van der Waals surface area contributed by atoms with Gasteiger partial charge in [0.15, 0.2) is 0 Å². The third-order valence-corrected chi connectivity index (χ3v) is 8.26. The maximum absolute atomic E-state index is 13.6. The number of para-hydroxylation sites is 1. The molecule has 1 heterocycles. The number of ether oxygens (including phenoxy) is 1. The summed E-state index contributed by atoms with van der Waals surface area (Å²) in [5.74, 6) is 6.55. The van der Waals surface area contributed by atoms with Gasteiger partial charge in [-0.15, -0.1) is 0 Å². The highest BCUT2D eigenvalue weighted by atomic mass is 32.2. The van der Waals surface area contributed by atoms with Crippen LogP contribution in [-0.2, 0) is 10.0 Å². The minimum Gasteiger partial charge on any atom is -0.487 e. The molecule has 0 aliphatic carbocycles. The Morgan fingerprint density at radius 2 is 1.92 bits per heavy atom. The van der Waals surface area contributed by atoms with Crippen molar-refractivity contribution in [1.29, 1.82) is 0 Å². The Bertz CT molecular complexity index is 1240. The lowest BCUT2D eigenvalue weighted by molar-refractivity contribution is 0.0830. The first-order chi connectivity index (χ1) is 17.5. The first kappa shape index (κ1) is 28.5. The molecule has 0 saturated heterocycles. The van der Waals surface area contributed by atoms with Crippen LogP contribution in [0.1, 0.15) is 39.7 Å². The van der Waals surface area contributed by atoms with Gasteiger partial charge in [-0.2, -0.15) is 4.31 Å². The van der Waals surface area contributed by atoms with E-state index < -0.39 is 22.2 Å². The molecule has 8 nitrogen and oxygen atoms in total. The number of benzene rings is 2. The minimum absolute atomic E-state index is 0.0236. The summed E-state index contributed by atoms with van der Waals surface area (Å²) in [6, 6.07) is 13.1. The zero-order chi connectivity index (χ0) is 27.2. The van der Waals surface area contributed by atoms with Gasteiger partial charge in [-0.3, -0.25) is 0 Å². The van der Waals surface area contributed by atoms with Gasteiger partial charge in [0.1, 0.15) is 16.7 Å². The minimum atomic E-state index is -3.94. The number of sulfonamides is 1. The van der Waals surface area contributed by atoms with Crippen molar-refractivity contribution in [3.05, 3.63) is 54.1 Å². The molecular formula is C28H37N3O5S. The Morgan fingerprint density at radius 3 is 2.57 bits per heavy atom. The molecule has 0 aromatic heterocycles. The van der Waals surface area contributed by atoms with Crippen LogP contribution in [0.15, 0.2) is 53.4 Å². The van der Waals surface area contributed by atoms with Gasteiger partial charge < -0.3 is 20.1 Å². The molecule has 0 unspecified atom stereocenters. The van der Waals surface area contributed by atoms with Crippen molar-refractivity contribution in [3.8, 4) is 17.6 Å². The summed E-state index contributed by atoms with van der Waals surface area (Å²) in [5, 5.41) is 12.7. The number of nitrogens with zero attached hydrogens (tertiary/aromatic N) is 2. The summed E-state index contributed by atoms with van der Waals surface area (Å²) in [6.45, 7) is 7.77. The van der Waals surface area contributed by atoms with Crippen LogP contribution in [0.2, 0.25) is 0 Å². The standard InChI is InChI=1S/C28H37N3O5S/c1-20(2)10-9-11-23-14-15-27-25(16-23)36-26(21(3)17-31(22(4)19-32)37(27,34)35)18-30(5)28(33)29-24-12-7-6-8-13-24/h6-8,12-16,20-22,26,32H,10,17-19H2,1-5H3,(H,29,33)/t21-,22+,26+/m1/s1. The van der Waals surface area contributed by atoms with Crippen molar-refractivity contribution < 1.29 is 23.1 Å². The highest BCUT2D eigenvalue weighted by Gasteiger charge is 2.38. The molecule has 3 atom stereocenters. The van der Waals surface area contributed by atoms with Crippen LogP contribution in [-0.4, -0.2) is 67.7 Å². The molecular weight excluding hydrogens is 490 g/mol. The molecule has 0 bridgehead atoms. The van der Waals surface area contributed by atoms with E-state index in [1.807, 2.05) is 25.1 Å². The molecule has 2 amide bonds. The average molecular weight is 528 g/mol. The van der Waals surface area contributed by atoms with Crippen LogP contribution in [0.4, 0.5) is 10.5 Å². The normalized spacial score (nSPS) is 19.9. The molecule has 3 rings (SSSR count). The molecule has 2 aromatic carbocycles. The Kier molecular flexibility index (Phi) is 9.60. The van der Waals surface area contributed by atoms with Gasteiger partial charge in [-0.25, -0.2) is 13.2 Å². The fraction of sp³-hybridized carbons (Fsp3) is 0.464. The number of fused-ring (bicyclic) bond motifs is 1. The van der Waals surface area contributed by atoms with E-state index in [-0.39, 0.29) is 42.3 Å². The maximum atomic E-state index is 13.6. The SMILES string of the molecule is CC(C)CC#Cc1ccc2c(c1)O[C@@H](CN(C)C(=O)Nc1ccccc1)[C@H](C)CN([C@@H](C)CO)S2(=O)=O. The van der Waals surface area contributed by atoms with E-state index in [1.165, 1.54) is 15.3 Å². The molecule has 200 valence electrons. The van der Waals surface area contributed by atoms with Gasteiger partial charge in [0.25, 0.3) is 0 Å². The summed E-state index contributed by atoms with van der Waals surface area (Å²) in [4.78, 5) is 14.4.